The predicted octanol–water partition coefficient (Wildman–Crippen LogP) is 2.77. The minimum atomic E-state index is -0.513. The van der Waals surface area contributed by atoms with Gasteiger partial charge in [-0.3, -0.25) is 4.90 Å². The normalized spacial score (nSPS) is 22.8. The van der Waals surface area contributed by atoms with Crippen molar-refractivity contribution < 1.29 is 19.1 Å². The molecule has 0 N–H and O–H groups in total. The minimum absolute atomic E-state index is 0.0187. The Balaban J connectivity index is 1.39. The van der Waals surface area contributed by atoms with E-state index in [1.807, 2.05) is 42.7 Å². The van der Waals surface area contributed by atoms with Gasteiger partial charge in [0.2, 0.25) is 0 Å². The van der Waals surface area contributed by atoms with Crippen molar-refractivity contribution in [1.29, 1.82) is 0 Å². The van der Waals surface area contributed by atoms with Crippen LogP contribution < -0.4 is 9.80 Å². The second-order valence-corrected chi connectivity index (χ2v) is 9.12. The Hall–Kier alpha value is -2.48. The highest BCUT2D eigenvalue weighted by atomic mass is 16.6. The van der Waals surface area contributed by atoms with E-state index in [0.29, 0.717) is 26.2 Å². The van der Waals surface area contributed by atoms with Crippen LogP contribution in [0.5, 0.6) is 0 Å². The van der Waals surface area contributed by atoms with Crippen molar-refractivity contribution in [1.82, 2.24) is 9.80 Å². The fourth-order valence-corrected chi connectivity index (χ4v) is 4.30. The SMILES string of the molecule is CC(C)(C)OC(=O)N1CC[C@@H](N2CCN(c3cccc(N4CCOCC4)c3)C2=O)C1. The van der Waals surface area contributed by atoms with Crippen LogP contribution in [0.15, 0.2) is 24.3 Å². The van der Waals surface area contributed by atoms with Gasteiger partial charge in [-0.2, -0.15) is 0 Å². The van der Waals surface area contributed by atoms with E-state index in [2.05, 4.69) is 17.0 Å². The molecule has 3 fully saturated rings. The molecule has 3 heterocycles. The Morgan fingerprint density at radius 2 is 1.80 bits per heavy atom. The first-order valence-electron chi connectivity index (χ1n) is 10.8. The number of benzene rings is 1. The summed E-state index contributed by atoms with van der Waals surface area (Å²) in [6.45, 7) is 11.3. The topological polar surface area (TPSA) is 65.6 Å². The van der Waals surface area contributed by atoms with Crippen molar-refractivity contribution in [2.24, 2.45) is 0 Å². The summed E-state index contributed by atoms with van der Waals surface area (Å²) in [5.41, 5.74) is 1.54. The zero-order valence-corrected chi connectivity index (χ0v) is 18.2. The van der Waals surface area contributed by atoms with Crippen molar-refractivity contribution in [3.8, 4) is 0 Å². The molecule has 0 saturated carbocycles. The number of nitrogens with zero attached hydrogens (tertiary/aromatic N) is 4. The van der Waals surface area contributed by atoms with E-state index in [4.69, 9.17) is 9.47 Å². The molecule has 8 heteroatoms. The summed E-state index contributed by atoms with van der Waals surface area (Å²) >= 11 is 0. The summed E-state index contributed by atoms with van der Waals surface area (Å²) in [5, 5.41) is 0. The molecule has 0 aliphatic carbocycles. The molecular formula is C22H32N4O4. The van der Waals surface area contributed by atoms with Crippen LogP contribution >= 0.6 is 0 Å². The summed E-state index contributed by atoms with van der Waals surface area (Å²) in [6.07, 6.45) is 0.485. The maximum atomic E-state index is 13.2. The number of likely N-dealkylation sites (tertiary alicyclic amines) is 1. The molecule has 30 heavy (non-hydrogen) atoms. The second kappa shape index (κ2) is 8.34. The summed E-state index contributed by atoms with van der Waals surface area (Å²) < 4.78 is 10.9. The van der Waals surface area contributed by atoms with Crippen LogP contribution in [0.4, 0.5) is 21.0 Å². The third kappa shape index (κ3) is 4.48. The molecule has 0 bridgehead atoms. The van der Waals surface area contributed by atoms with E-state index in [9.17, 15) is 9.59 Å². The lowest BCUT2D eigenvalue weighted by molar-refractivity contribution is 0.0284. The van der Waals surface area contributed by atoms with Gasteiger partial charge in [0, 0.05) is 50.6 Å². The van der Waals surface area contributed by atoms with E-state index in [0.717, 1.165) is 44.1 Å². The van der Waals surface area contributed by atoms with Gasteiger partial charge < -0.3 is 24.2 Å². The maximum Gasteiger partial charge on any atom is 0.410 e. The molecule has 3 saturated heterocycles. The van der Waals surface area contributed by atoms with Crippen molar-refractivity contribution in [2.75, 3.05) is 62.3 Å². The van der Waals surface area contributed by atoms with Gasteiger partial charge in [-0.05, 0) is 45.4 Å². The molecular weight excluding hydrogens is 384 g/mol. The average Bonchev–Trinajstić information content (AvgIpc) is 3.34. The molecule has 3 amide bonds. The molecule has 3 aliphatic heterocycles. The van der Waals surface area contributed by atoms with Gasteiger partial charge in [0.1, 0.15) is 5.60 Å². The Labute approximate surface area is 178 Å². The average molecular weight is 417 g/mol. The summed E-state index contributed by atoms with van der Waals surface area (Å²) in [7, 11) is 0. The zero-order chi connectivity index (χ0) is 21.3. The molecule has 0 spiro atoms. The van der Waals surface area contributed by atoms with Crippen LogP contribution in [0, 0.1) is 0 Å². The molecule has 1 aromatic carbocycles. The molecule has 1 atom stereocenters. The molecule has 164 valence electrons. The van der Waals surface area contributed by atoms with Gasteiger partial charge in [-0.1, -0.05) is 6.07 Å². The van der Waals surface area contributed by atoms with E-state index >= 15 is 0 Å². The van der Waals surface area contributed by atoms with E-state index in [-0.39, 0.29) is 18.2 Å². The summed E-state index contributed by atoms with van der Waals surface area (Å²) in [4.78, 5) is 33.3. The molecule has 1 aromatic rings. The first kappa shape index (κ1) is 20.8. The standard InChI is InChI=1S/C22H32N4O4/c1-22(2,3)30-21(28)24-8-7-19(16-24)26-10-9-25(20(26)27)18-6-4-5-17(15-18)23-11-13-29-14-12-23/h4-6,15,19H,7-14,16H2,1-3H3/t19-/m1/s1. The van der Waals surface area contributed by atoms with E-state index < -0.39 is 5.60 Å². The molecule has 3 aliphatic rings. The van der Waals surface area contributed by atoms with Crippen LogP contribution in [0.1, 0.15) is 27.2 Å². The minimum Gasteiger partial charge on any atom is -0.444 e. The van der Waals surface area contributed by atoms with Crippen molar-refractivity contribution in [3.05, 3.63) is 24.3 Å². The molecule has 0 radical (unpaired) electrons. The number of rotatable bonds is 3. The van der Waals surface area contributed by atoms with E-state index in [1.54, 1.807) is 4.90 Å². The summed E-state index contributed by atoms with van der Waals surface area (Å²) in [6, 6.07) is 8.24. The Bertz CT molecular complexity index is 788. The highest BCUT2D eigenvalue weighted by Gasteiger charge is 2.39. The number of carbonyl (C=O) groups excluding carboxylic acids is 2. The number of carbonyl (C=O) groups is 2. The largest absolute Gasteiger partial charge is 0.444 e. The molecule has 0 unspecified atom stereocenters. The van der Waals surface area contributed by atoms with Crippen LogP contribution in [0.25, 0.3) is 0 Å². The maximum absolute atomic E-state index is 13.2. The monoisotopic (exact) mass is 416 g/mol. The number of hydrogen-bond acceptors (Lipinski definition) is 5. The number of hydrogen-bond donors (Lipinski definition) is 0. The van der Waals surface area contributed by atoms with Crippen LogP contribution in [0.3, 0.4) is 0 Å². The van der Waals surface area contributed by atoms with Gasteiger partial charge in [0.25, 0.3) is 0 Å². The second-order valence-electron chi connectivity index (χ2n) is 9.12. The number of amides is 3. The lowest BCUT2D eigenvalue weighted by Crippen LogP contribution is -2.42. The van der Waals surface area contributed by atoms with Gasteiger partial charge in [0.05, 0.1) is 19.3 Å². The quantitative estimate of drug-likeness (QED) is 0.758. The fraction of sp³-hybridized carbons (Fsp3) is 0.636. The fourth-order valence-electron chi connectivity index (χ4n) is 4.30. The third-order valence-corrected chi connectivity index (χ3v) is 5.81. The Kier molecular flexibility index (Phi) is 5.77. The van der Waals surface area contributed by atoms with Gasteiger partial charge >= 0.3 is 12.1 Å². The molecule has 0 aromatic heterocycles. The first-order valence-corrected chi connectivity index (χ1v) is 10.8. The zero-order valence-electron chi connectivity index (χ0n) is 18.2. The van der Waals surface area contributed by atoms with Gasteiger partial charge in [-0.15, -0.1) is 0 Å². The molecule has 4 rings (SSSR count). The first-order chi connectivity index (χ1) is 14.3. The Morgan fingerprint density at radius 3 is 2.53 bits per heavy atom. The van der Waals surface area contributed by atoms with Crippen LogP contribution in [0.2, 0.25) is 0 Å². The van der Waals surface area contributed by atoms with E-state index in [1.165, 1.54) is 0 Å². The van der Waals surface area contributed by atoms with Crippen molar-refractivity contribution >= 4 is 23.5 Å². The highest BCUT2D eigenvalue weighted by molar-refractivity contribution is 5.95. The smallest absolute Gasteiger partial charge is 0.410 e. The van der Waals surface area contributed by atoms with Crippen molar-refractivity contribution in [2.45, 2.75) is 38.8 Å². The van der Waals surface area contributed by atoms with Crippen LogP contribution in [-0.4, -0.2) is 86.0 Å². The predicted molar refractivity (Wildman–Crippen MR) is 115 cm³/mol. The molecule has 8 nitrogen and oxygen atoms in total. The number of anilines is 2. The number of ether oxygens (including phenoxy) is 2. The Morgan fingerprint density at radius 1 is 1.07 bits per heavy atom. The van der Waals surface area contributed by atoms with Crippen molar-refractivity contribution in [3.63, 3.8) is 0 Å². The van der Waals surface area contributed by atoms with Crippen LogP contribution in [-0.2, 0) is 9.47 Å². The summed E-state index contributed by atoms with van der Waals surface area (Å²) in [5.74, 6) is 0. The third-order valence-electron chi connectivity index (χ3n) is 5.81. The van der Waals surface area contributed by atoms with Gasteiger partial charge in [-0.25, -0.2) is 9.59 Å². The number of morpholine rings is 1. The highest BCUT2D eigenvalue weighted by Crippen LogP contribution is 2.29. The lowest BCUT2D eigenvalue weighted by Gasteiger charge is -2.30. The van der Waals surface area contributed by atoms with Gasteiger partial charge in [0.15, 0.2) is 0 Å². The number of urea groups is 1. The lowest BCUT2D eigenvalue weighted by atomic mass is 10.2.